The van der Waals surface area contributed by atoms with Crippen molar-refractivity contribution in [3.63, 3.8) is 0 Å². The van der Waals surface area contributed by atoms with E-state index in [1.807, 2.05) is 50.2 Å². The molecule has 4 rings (SSSR count). The third kappa shape index (κ3) is 6.28. The Bertz CT molecular complexity index is 1280. The Labute approximate surface area is 210 Å². The van der Waals surface area contributed by atoms with Crippen molar-refractivity contribution in [1.29, 1.82) is 0 Å². The predicted octanol–water partition coefficient (Wildman–Crippen LogP) is 4.01. The molecular formula is C28H30N4O4. The van der Waals surface area contributed by atoms with Gasteiger partial charge in [0.1, 0.15) is 0 Å². The lowest BCUT2D eigenvalue weighted by atomic mass is 10.1. The number of rotatable bonds is 7. The second-order valence-corrected chi connectivity index (χ2v) is 9.04. The number of aryl methyl sites for hydroxylation is 2. The molecule has 0 unspecified atom stereocenters. The highest BCUT2D eigenvalue weighted by molar-refractivity contribution is 6.08. The first-order chi connectivity index (χ1) is 17.3. The van der Waals surface area contributed by atoms with Gasteiger partial charge in [0.2, 0.25) is 5.91 Å². The molecule has 1 fully saturated rings. The van der Waals surface area contributed by atoms with E-state index in [1.165, 1.54) is 0 Å². The van der Waals surface area contributed by atoms with Crippen molar-refractivity contribution in [2.45, 2.75) is 13.8 Å². The first-order valence-corrected chi connectivity index (χ1v) is 11.9. The van der Waals surface area contributed by atoms with Crippen LogP contribution in [0.2, 0.25) is 0 Å². The van der Waals surface area contributed by atoms with Crippen molar-refractivity contribution in [3.05, 3.63) is 89.0 Å². The molecule has 1 aliphatic rings. The molecular weight excluding hydrogens is 456 g/mol. The van der Waals surface area contributed by atoms with E-state index in [4.69, 9.17) is 0 Å². The number of hydrogen-bond donors (Lipinski definition) is 3. The van der Waals surface area contributed by atoms with Crippen LogP contribution in [0.5, 0.6) is 0 Å². The lowest BCUT2D eigenvalue weighted by molar-refractivity contribution is -0.117. The quantitative estimate of drug-likeness (QED) is 0.466. The summed E-state index contributed by atoms with van der Waals surface area (Å²) in [6, 6.07) is 19.9. The molecule has 36 heavy (non-hydrogen) atoms. The van der Waals surface area contributed by atoms with Gasteiger partial charge in [-0.2, -0.15) is 0 Å². The van der Waals surface area contributed by atoms with E-state index in [1.54, 1.807) is 30.3 Å². The average molecular weight is 487 g/mol. The van der Waals surface area contributed by atoms with Crippen LogP contribution in [-0.2, 0) is 4.79 Å². The fraction of sp³-hybridized carbons (Fsp3) is 0.250. The van der Waals surface area contributed by atoms with Crippen LogP contribution in [0.4, 0.5) is 17.1 Å². The van der Waals surface area contributed by atoms with Crippen LogP contribution in [0.1, 0.15) is 31.8 Å². The first-order valence-electron chi connectivity index (χ1n) is 11.9. The summed E-state index contributed by atoms with van der Waals surface area (Å²) in [6.07, 6.45) is 0. The fourth-order valence-corrected chi connectivity index (χ4v) is 4.29. The van der Waals surface area contributed by atoms with Gasteiger partial charge in [-0.25, -0.2) is 4.79 Å². The van der Waals surface area contributed by atoms with E-state index in [2.05, 4.69) is 20.4 Å². The molecule has 8 nitrogen and oxygen atoms in total. The number of hydrogen-bond acceptors (Lipinski definition) is 5. The van der Waals surface area contributed by atoms with E-state index in [0.29, 0.717) is 38.3 Å². The molecule has 0 aromatic heterocycles. The van der Waals surface area contributed by atoms with Gasteiger partial charge in [0.25, 0.3) is 5.91 Å². The molecule has 1 heterocycles. The summed E-state index contributed by atoms with van der Waals surface area (Å²) in [6.45, 7) is 6.84. The number of nitrogens with zero attached hydrogens (tertiary/aromatic N) is 2. The number of carboxylic acids is 1. The lowest BCUT2D eigenvalue weighted by Crippen LogP contribution is -2.48. The fourth-order valence-electron chi connectivity index (χ4n) is 4.29. The molecule has 0 atom stereocenters. The smallest absolute Gasteiger partial charge is 0.337 e. The Morgan fingerprint density at radius 1 is 0.833 bits per heavy atom. The summed E-state index contributed by atoms with van der Waals surface area (Å²) in [5.41, 5.74) is 4.35. The van der Waals surface area contributed by atoms with Crippen LogP contribution < -0.4 is 15.5 Å². The maximum Gasteiger partial charge on any atom is 0.337 e. The SMILES string of the molecule is Cc1cccc(NC(=O)CN2CCN(c3ccc(NC(=O)c4cccc(C)c4)c(C(=O)O)c3)CC2)c1. The summed E-state index contributed by atoms with van der Waals surface area (Å²) in [5.74, 6) is -1.52. The number of benzene rings is 3. The van der Waals surface area contributed by atoms with E-state index in [0.717, 1.165) is 22.5 Å². The topological polar surface area (TPSA) is 102 Å². The molecule has 3 aromatic rings. The van der Waals surface area contributed by atoms with Crippen molar-refractivity contribution in [3.8, 4) is 0 Å². The summed E-state index contributed by atoms with van der Waals surface area (Å²) < 4.78 is 0. The minimum atomic E-state index is -1.11. The van der Waals surface area contributed by atoms with Crippen molar-refractivity contribution >= 4 is 34.8 Å². The van der Waals surface area contributed by atoms with Crippen molar-refractivity contribution in [1.82, 2.24) is 4.90 Å². The summed E-state index contributed by atoms with van der Waals surface area (Å²) in [5, 5.41) is 15.4. The Kier molecular flexibility index (Phi) is 7.65. The molecule has 1 aliphatic heterocycles. The van der Waals surface area contributed by atoms with Crippen LogP contribution >= 0.6 is 0 Å². The first kappa shape index (κ1) is 24.9. The molecule has 1 saturated heterocycles. The van der Waals surface area contributed by atoms with E-state index in [-0.39, 0.29) is 23.1 Å². The molecule has 0 radical (unpaired) electrons. The Morgan fingerprint density at radius 2 is 1.53 bits per heavy atom. The molecule has 0 bridgehead atoms. The third-order valence-corrected chi connectivity index (χ3v) is 6.17. The monoisotopic (exact) mass is 486 g/mol. The number of aromatic carboxylic acids is 1. The summed E-state index contributed by atoms with van der Waals surface area (Å²) >= 11 is 0. The maximum absolute atomic E-state index is 12.6. The number of nitrogens with one attached hydrogen (secondary N) is 2. The Morgan fingerprint density at radius 3 is 2.19 bits per heavy atom. The van der Waals surface area contributed by atoms with Gasteiger partial charge >= 0.3 is 5.97 Å². The molecule has 186 valence electrons. The minimum absolute atomic E-state index is 0.0356. The van der Waals surface area contributed by atoms with Crippen LogP contribution in [0, 0.1) is 13.8 Å². The summed E-state index contributed by atoms with van der Waals surface area (Å²) in [7, 11) is 0. The van der Waals surface area contributed by atoms with Crippen LogP contribution in [0.25, 0.3) is 0 Å². The molecule has 3 aromatic carbocycles. The zero-order valence-electron chi connectivity index (χ0n) is 20.5. The van der Waals surface area contributed by atoms with Gasteiger partial charge in [0.15, 0.2) is 0 Å². The zero-order chi connectivity index (χ0) is 25.7. The van der Waals surface area contributed by atoms with Crippen LogP contribution in [0.15, 0.2) is 66.7 Å². The molecule has 0 aliphatic carbocycles. The Balaban J connectivity index is 1.36. The molecule has 8 heteroatoms. The van der Waals surface area contributed by atoms with Gasteiger partial charge in [-0.05, 0) is 61.9 Å². The van der Waals surface area contributed by atoms with Gasteiger partial charge in [0.05, 0.1) is 17.8 Å². The summed E-state index contributed by atoms with van der Waals surface area (Å²) in [4.78, 5) is 41.2. The number of anilines is 3. The van der Waals surface area contributed by atoms with Crippen molar-refractivity contribution < 1.29 is 19.5 Å². The van der Waals surface area contributed by atoms with Gasteiger partial charge in [-0.3, -0.25) is 14.5 Å². The molecule has 2 amide bonds. The van der Waals surface area contributed by atoms with E-state index in [9.17, 15) is 19.5 Å². The van der Waals surface area contributed by atoms with E-state index < -0.39 is 5.97 Å². The number of amides is 2. The second kappa shape index (κ2) is 11.0. The maximum atomic E-state index is 12.6. The van der Waals surface area contributed by atoms with Crippen molar-refractivity contribution in [2.75, 3.05) is 48.3 Å². The van der Waals surface area contributed by atoms with Crippen LogP contribution in [0.3, 0.4) is 0 Å². The highest BCUT2D eigenvalue weighted by atomic mass is 16.4. The van der Waals surface area contributed by atoms with Crippen molar-refractivity contribution in [2.24, 2.45) is 0 Å². The third-order valence-electron chi connectivity index (χ3n) is 6.17. The minimum Gasteiger partial charge on any atom is -0.478 e. The van der Waals surface area contributed by atoms with E-state index >= 15 is 0 Å². The molecule has 0 saturated carbocycles. The van der Waals surface area contributed by atoms with Gasteiger partial charge in [-0.15, -0.1) is 0 Å². The number of carboxylic acid groups (broad SMARTS) is 1. The highest BCUT2D eigenvalue weighted by Gasteiger charge is 2.22. The molecule has 0 spiro atoms. The standard InChI is InChI=1S/C28H30N4O4/c1-19-5-3-7-21(15-19)27(34)30-25-10-9-23(17-24(25)28(35)36)32-13-11-31(12-14-32)18-26(33)29-22-8-4-6-20(2)16-22/h3-10,15-17H,11-14,18H2,1-2H3,(H,29,33)(H,30,34)(H,35,36). The van der Waals surface area contributed by atoms with Gasteiger partial charge in [0, 0.05) is 43.1 Å². The number of carbonyl (C=O) groups is 3. The number of piperazine rings is 1. The lowest BCUT2D eigenvalue weighted by Gasteiger charge is -2.36. The zero-order valence-corrected chi connectivity index (χ0v) is 20.5. The number of carbonyl (C=O) groups excluding carboxylic acids is 2. The normalized spacial score (nSPS) is 13.8. The van der Waals surface area contributed by atoms with Gasteiger partial charge in [-0.1, -0.05) is 29.8 Å². The molecule has 3 N–H and O–H groups in total. The Hall–Kier alpha value is -4.17. The second-order valence-electron chi connectivity index (χ2n) is 9.04. The predicted molar refractivity (Wildman–Crippen MR) is 141 cm³/mol. The van der Waals surface area contributed by atoms with Crippen LogP contribution in [-0.4, -0.2) is 60.5 Å². The largest absolute Gasteiger partial charge is 0.478 e. The van der Waals surface area contributed by atoms with Gasteiger partial charge < -0.3 is 20.6 Å². The average Bonchev–Trinajstić information content (AvgIpc) is 2.84. The highest BCUT2D eigenvalue weighted by Crippen LogP contribution is 2.25.